The lowest BCUT2D eigenvalue weighted by Gasteiger charge is -2.32. The molecule has 3 heterocycles. The van der Waals surface area contributed by atoms with E-state index in [1.165, 1.54) is 0 Å². The van der Waals surface area contributed by atoms with Gasteiger partial charge in [-0.25, -0.2) is 0 Å². The molecule has 0 aliphatic carbocycles. The molecular weight excluding hydrogens is 398 g/mol. The zero-order chi connectivity index (χ0) is 21.6. The quantitative estimate of drug-likeness (QED) is 0.788. The maximum Gasteiger partial charge on any atom is 0.255 e. The number of primary amides is 1. The number of ether oxygens (including phenoxy) is 2. The van der Waals surface area contributed by atoms with E-state index in [2.05, 4.69) is 0 Å². The number of nitrogens with two attached hydrogens (primary N) is 1. The summed E-state index contributed by atoms with van der Waals surface area (Å²) in [5.74, 6) is -0.370. The predicted octanol–water partition coefficient (Wildman–Crippen LogP) is 1.47. The van der Waals surface area contributed by atoms with E-state index in [4.69, 9.17) is 15.2 Å². The Morgan fingerprint density at radius 2 is 1.97 bits per heavy atom. The Morgan fingerprint density at radius 3 is 2.74 bits per heavy atom. The van der Waals surface area contributed by atoms with Crippen LogP contribution in [0.15, 0.2) is 54.6 Å². The fraction of sp³-hybridized carbons (Fsp3) is 0.348. The van der Waals surface area contributed by atoms with Crippen LogP contribution in [0.2, 0.25) is 0 Å². The normalized spacial score (nSPS) is 26.6. The second-order valence-corrected chi connectivity index (χ2v) is 8.12. The molecule has 3 aliphatic heterocycles. The van der Waals surface area contributed by atoms with Gasteiger partial charge in [-0.1, -0.05) is 36.4 Å². The molecule has 2 aromatic carbocycles. The van der Waals surface area contributed by atoms with Crippen molar-refractivity contribution >= 4 is 17.7 Å². The number of carbonyl (C=O) groups excluding carboxylic acids is 3. The fourth-order valence-corrected chi connectivity index (χ4v) is 4.95. The first kappa shape index (κ1) is 19.6. The molecule has 8 heteroatoms. The molecule has 0 unspecified atom stereocenters. The monoisotopic (exact) mass is 421 g/mol. The SMILES string of the molecule is NC(=O)COc1cccc(C(=O)N2CC[C@@]34O[C@@H](c5ccccc5)CN3C(=O)C[C@@H]24)c1. The number of amides is 3. The molecule has 3 amide bonds. The van der Waals surface area contributed by atoms with Crippen LogP contribution in [0, 0.1) is 0 Å². The minimum atomic E-state index is -0.771. The molecule has 2 aromatic rings. The van der Waals surface area contributed by atoms with Gasteiger partial charge in [0, 0.05) is 18.5 Å². The molecule has 0 bridgehead atoms. The Labute approximate surface area is 179 Å². The average Bonchev–Trinajstić information content (AvgIpc) is 3.41. The molecule has 8 nitrogen and oxygen atoms in total. The van der Waals surface area contributed by atoms with Crippen molar-refractivity contribution < 1.29 is 23.9 Å². The smallest absolute Gasteiger partial charge is 0.255 e. The van der Waals surface area contributed by atoms with E-state index in [1.807, 2.05) is 35.2 Å². The number of benzene rings is 2. The van der Waals surface area contributed by atoms with Crippen LogP contribution in [-0.4, -0.2) is 59.0 Å². The molecule has 5 rings (SSSR count). The summed E-state index contributed by atoms with van der Waals surface area (Å²) in [6, 6.07) is 16.2. The van der Waals surface area contributed by atoms with Crippen LogP contribution in [0.25, 0.3) is 0 Å². The number of nitrogens with zero attached hydrogens (tertiary/aromatic N) is 2. The molecule has 0 radical (unpaired) electrons. The molecule has 0 saturated carbocycles. The van der Waals surface area contributed by atoms with Gasteiger partial charge in [-0.3, -0.25) is 14.4 Å². The highest BCUT2D eigenvalue weighted by Crippen LogP contribution is 2.50. The van der Waals surface area contributed by atoms with E-state index in [-0.39, 0.29) is 37.0 Å². The van der Waals surface area contributed by atoms with Crippen molar-refractivity contribution in [3.05, 3.63) is 65.7 Å². The summed E-state index contributed by atoms with van der Waals surface area (Å²) in [7, 11) is 0. The van der Waals surface area contributed by atoms with Gasteiger partial charge >= 0.3 is 0 Å². The lowest BCUT2D eigenvalue weighted by Crippen LogP contribution is -2.48. The van der Waals surface area contributed by atoms with Crippen LogP contribution in [0.1, 0.15) is 34.9 Å². The fourth-order valence-electron chi connectivity index (χ4n) is 4.95. The number of hydrogen-bond acceptors (Lipinski definition) is 5. The molecule has 160 valence electrons. The average molecular weight is 421 g/mol. The molecular formula is C23H23N3O5. The van der Waals surface area contributed by atoms with Gasteiger partial charge in [-0.2, -0.15) is 0 Å². The highest BCUT2D eigenvalue weighted by molar-refractivity contribution is 5.96. The van der Waals surface area contributed by atoms with Gasteiger partial charge < -0.3 is 25.0 Å². The third kappa shape index (κ3) is 3.23. The van der Waals surface area contributed by atoms with E-state index in [1.54, 1.807) is 29.2 Å². The molecule has 0 aromatic heterocycles. The van der Waals surface area contributed by atoms with Crippen LogP contribution < -0.4 is 10.5 Å². The van der Waals surface area contributed by atoms with Crippen molar-refractivity contribution in [1.29, 1.82) is 0 Å². The first-order valence-electron chi connectivity index (χ1n) is 10.3. The summed E-state index contributed by atoms with van der Waals surface area (Å²) in [5.41, 5.74) is 5.81. The van der Waals surface area contributed by atoms with Gasteiger partial charge in [0.15, 0.2) is 12.3 Å². The maximum absolute atomic E-state index is 13.3. The van der Waals surface area contributed by atoms with E-state index < -0.39 is 11.6 Å². The number of rotatable bonds is 5. The second-order valence-electron chi connectivity index (χ2n) is 8.12. The first-order valence-corrected chi connectivity index (χ1v) is 10.3. The van der Waals surface area contributed by atoms with E-state index in [0.717, 1.165) is 5.56 Å². The van der Waals surface area contributed by atoms with Crippen LogP contribution in [0.5, 0.6) is 5.75 Å². The zero-order valence-electron chi connectivity index (χ0n) is 16.9. The lowest BCUT2D eigenvalue weighted by atomic mass is 10.1. The standard InChI is InChI=1S/C23H23N3O5/c24-20(27)14-30-17-8-4-7-16(11-17)22(29)25-10-9-23-19(25)12-21(28)26(23)13-18(31-23)15-5-2-1-3-6-15/h1-8,11,18-19H,9-10,12-14H2,(H2,24,27)/t18-,19-,23+/m1/s1. The molecule has 3 aliphatic rings. The van der Waals surface area contributed by atoms with Crippen molar-refractivity contribution in [3.63, 3.8) is 0 Å². The van der Waals surface area contributed by atoms with Crippen molar-refractivity contribution in [3.8, 4) is 5.75 Å². The van der Waals surface area contributed by atoms with Gasteiger partial charge in [0.1, 0.15) is 11.9 Å². The first-order chi connectivity index (χ1) is 15.0. The number of hydrogen-bond donors (Lipinski definition) is 1. The lowest BCUT2D eigenvalue weighted by molar-refractivity contribution is -0.138. The van der Waals surface area contributed by atoms with Crippen molar-refractivity contribution in [2.75, 3.05) is 19.7 Å². The summed E-state index contributed by atoms with van der Waals surface area (Å²) in [6.45, 7) is 0.740. The molecule has 2 N–H and O–H groups in total. The highest BCUT2D eigenvalue weighted by atomic mass is 16.5. The summed E-state index contributed by atoms with van der Waals surface area (Å²) < 4.78 is 11.8. The topological polar surface area (TPSA) is 102 Å². The zero-order valence-corrected chi connectivity index (χ0v) is 16.9. The van der Waals surface area contributed by atoms with Gasteiger partial charge in [-0.15, -0.1) is 0 Å². The van der Waals surface area contributed by atoms with Gasteiger partial charge in [-0.05, 0) is 23.8 Å². The number of likely N-dealkylation sites (tertiary alicyclic amines) is 1. The molecule has 3 saturated heterocycles. The summed E-state index contributed by atoms with van der Waals surface area (Å²) in [4.78, 5) is 40.6. The van der Waals surface area contributed by atoms with Crippen LogP contribution in [0.3, 0.4) is 0 Å². The Hall–Kier alpha value is -3.39. The van der Waals surface area contributed by atoms with Gasteiger partial charge in [0.25, 0.3) is 11.8 Å². The van der Waals surface area contributed by atoms with E-state index >= 15 is 0 Å². The Kier molecular flexibility index (Phi) is 4.66. The Bertz CT molecular complexity index is 1040. The third-order valence-electron chi connectivity index (χ3n) is 6.32. The van der Waals surface area contributed by atoms with Crippen molar-refractivity contribution in [2.24, 2.45) is 5.73 Å². The van der Waals surface area contributed by atoms with Crippen LogP contribution >= 0.6 is 0 Å². The van der Waals surface area contributed by atoms with Crippen LogP contribution in [-0.2, 0) is 14.3 Å². The number of carbonyl (C=O) groups is 3. The van der Waals surface area contributed by atoms with Crippen molar-refractivity contribution in [1.82, 2.24) is 9.80 Å². The second kappa shape index (κ2) is 7.39. The van der Waals surface area contributed by atoms with Gasteiger partial charge in [0.05, 0.1) is 19.0 Å². The summed E-state index contributed by atoms with van der Waals surface area (Å²) in [5, 5.41) is 0. The molecule has 3 fully saturated rings. The summed E-state index contributed by atoms with van der Waals surface area (Å²) >= 11 is 0. The highest BCUT2D eigenvalue weighted by Gasteiger charge is 2.65. The summed E-state index contributed by atoms with van der Waals surface area (Å²) in [6.07, 6.45) is 0.634. The Morgan fingerprint density at radius 1 is 1.16 bits per heavy atom. The predicted molar refractivity (Wildman–Crippen MR) is 110 cm³/mol. The third-order valence-corrected chi connectivity index (χ3v) is 6.32. The van der Waals surface area contributed by atoms with E-state index in [9.17, 15) is 14.4 Å². The maximum atomic E-state index is 13.3. The molecule has 3 atom stereocenters. The minimum Gasteiger partial charge on any atom is -0.484 e. The van der Waals surface area contributed by atoms with Gasteiger partial charge in [0.2, 0.25) is 5.91 Å². The van der Waals surface area contributed by atoms with E-state index in [0.29, 0.717) is 30.8 Å². The van der Waals surface area contributed by atoms with Crippen LogP contribution in [0.4, 0.5) is 0 Å². The molecule has 1 spiro atoms. The largest absolute Gasteiger partial charge is 0.484 e. The minimum absolute atomic E-state index is 0.0134. The van der Waals surface area contributed by atoms with Crippen molar-refractivity contribution in [2.45, 2.75) is 30.7 Å². The molecule has 31 heavy (non-hydrogen) atoms. The Balaban J connectivity index is 1.38.